The molecule has 2 rings (SSSR count). The van der Waals surface area contributed by atoms with Gasteiger partial charge in [-0.1, -0.05) is 26.0 Å². The van der Waals surface area contributed by atoms with Crippen LogP contribution in [0.5, 0.6) is 5.75 Å². The van der Waals surface area contributed by atoms with Crippen molar-refractivity contribution in [2.24, 2.45) is 5.92 Å². The molecule has 1 aromatic carbocycles. The lowest BCUT2D eigenvalue weighted by molar-refractivity contribution is 0.162. The summed E-state index contributed by atoms with van der Waals surface area (Å²) in [5.41, 5.74) is 1.35. The highest BCUT2D eigenvalue weighted by molar-refractivity contribution is 5.28. The molecule has 1 heterocycles. The molecule has 0 amide bonds. The molecule has 0 bridgehead atoms. The number of nitrogens with one attached hydrogen (secondary N) is 1. The van der Waals surface area contributed by atoms with Crippen LogP contribution in [-0.4, -0.2) is 32.9 Å². The van der Waals surface area contributed by atoms with Gasteiger partial charge in [-0.05, 0) is 37.1 Å². The predicted molar refractivity (Wildman–Crippen MR) is 77.8 cm³/mol. The van der Waals surface area contributed by atoms with Crippen molar-refractivity contribution in [3.05, 3.63) is 29.8 Å². The van der Waals surface area contributed by atoms with Crippen LogP contribution in [0.1, 0.15) is 31.7 Å². The van der Waals surface area contributed by atoms with Crippen molar-refractivity contribution in [2.45, 2.75) is 32.2 Å². The summed E-state index contributed by atoms with van der Waals surface area (Å²) < 4.78 is 11.3. The van der Waals surface area contributed by atoms with Crippen LogP contribution in [0, 0.1) is 5.92 Å². The van der Waals surface area contributed by atoms with E-state index in [4.69, 9.17) is 9.47 Å². The summed E-state index contributed by atoms with van der Waals surface area (Å²) in [5.74, 6) is 2.08. The SMILES string of the molecule is CNC(COc1ccc(C(C)C)cc1)C1CCOC1. The number of hydrogen-bond acceptors (Lipinski definition) is 3. The molecule has 0 aliphatic carbocycles. The molecule has 2 unspecified atom stereocenters. The minimum absolute atomic E-state index is 0.368. The Bertz CT molecular complexity index is 369. The van der Waals surface area contributed by atoms with E-state index in [1.54, 1.807) is 0 Å². The van der Waals surface area contributed by atoms with Gasteiger partial charge >= 0.3 is 0 Å². The highest BCUT2D eigenvalue weighted by Gasteiger charge is 2.24. The number of ether oxygens (including phenoxy) is 2. The molecule has 0 radical (unpaired) electrons. The van der Waals surface area contributed by atoms with Crippen LogP contribution in [-0.2, 0) is 4.74 Å². The Morgan fingerprint density at radius 2 is 2.05 bits per heavy atom. The van der Waals surface area contributed by atoms with Gasteiger partial charge in [0.2, 0.25) is 0 Å². The van der Waals surface area contributed by atoms with Crippen LogP contribution in [0.3, 0.4) is 0 Å². The Labute approximate surface area is 116 Å². The summed E-state index contributed by atoms with van der Waals surface area (Å²) in [6, 6.07) is 8.79. The van der Waals surface area contributed by atoms with Crippen LogP contribution in [0.15, 0.2) is 24.3 Å². The minimum atomic E-state index is 0.368. The summed E-state index contributed by atoms with van der Waals surface area (Å²) in [5, 5.41) is 3.34. The second-order valence-corrected chi connectivity index (χ2v) is 5.55. The summed E-state index contributed by atoms with van der Waals surface area (Å²) in [6.45, 7) is 6.83. The zero-order valence-electron chi connectivity index (χ0n) is 12.2. The van der Waals surface area contributed by atoms with E-state index in [0.29, 0.717) is 24.5 Å². The largest absolute Gasteiger partial charge is 0.492 e. The lowest BCUT2D eigenvalue weighted by Crippen LogP contribution is -2.39. The highest BCUT2D eigenvalue weighted by Crippen LogP contribution is 2.20. The number of hydrogen-bond donors (Lipinski definition) is 1. The van der Waals surface area contributed by atoms with E-state index in [2.05, 4.69) is 43.4 Å². The first kappa shape index (κ1) is 14.4. The van der Waals surface area contributed by atoms with Gasteiger partial charge in [0.05, 0.1) is 6.61 Å². The fourth-order valence-electron chi connectivity index (χ4n) is 2.46. The second kappa shape index (κ2) is 6.92. The molecule has 1 saturated heterocycles. The zero-order chi connectivity index (χ0) is 13.7. The van der Waals surface area contributed by atoms with Gasteiger partial charge in [-0.3, -0.25) is 0 Å². The molecule has 0 aromatic heterocycles. The molecule has 1 aliphatic rings. The quantitative estimate of drug-likeness (QED) is 0.856. The second-order valence-electron chi connectivity index (χ2n) is 5.55. The fourth-order valence-corrected chi connectivity index (χ4v) is 2.46. The number of rotatable bonds is 6. The zero-order valence-corrected chi connectivity index (χ0v) is 12.2. The molecular weight excluding hydrogens is 238 g/mol. The van der Waals surface area contributed by atoms with Crippen molar-refractivity contribution >= 4 is 0 Å². The highest BCUT2D eigenvalue weighted by atomic mass is 16.5. The lowest BCUT2D eigenvalue weighted by Gasteiger charge is -2.22. The van der Waals surface area contributed by atoms with Crippen molar-refractivity contribution < 1.29 is 9.47 Å². The van der Waals surface area contributed by atoms with Crippen LogP contribution in [0.25, 0.3) is 0 Å². The normalized spacial score (nSPS) is 20.7. The van der Waals surface area contributed by atoms with E-state index in [1.807, 2.05) is 7.05 Å². The van der Waals surface area contributed by atoms with Gasteiger partial charge in [0.1, 0.15) is 12.4 Å². The maximum atomic E-state index is 5.89. The van der Waals surface area contributed by atoms with E-state index >= 15 is 0 Å². The smallest absolute Gasteiger partial charge is 0.119 e. The van der Waals surface area contributed by atoms with Crippen molar-refractivity contribution in [3.63, 3.8) is 0 Å². The molecule has 0 saturated carbocycles. The number of likely N-dealkylation sites (N-methyl/N-ethyl adjacent to an activating group) is 1. The molecule has 3 heteroatoms. The van der Waals surface area contributed by atoms with Crippen molar-refractivity contribution in [1.82, 2.24) is 5.32 Å². The van der Waals surface area contributed by atoms with Gasteiger partial charge < -0.3 is 14.8 Å². The molecule has 2 atom stereocenters. The third-order valence-electron chi connectivity index (χ3n) is 3.88. The molecule has 1 aromatic rings. The third-order valence-corrected chi connectivity index (χ3v) is 3.88. The first-order valence-corrected chi connectivity index (χ1v) is 7.18. The first-order valence-electron chi connectivity index (χ1n) is 7.18. The van der Waals surface area contributed by atoms with Crippen LogP contribution in [0.4, 0.5) is 0 Å². The standard InChI is InChI=1S/C16H25NO2/c1-12(2)13-4-6-15(7-5-13)19-11-16(17-3)14-8-9-18-10-14/h4-7,12,14,16-17H,8-11H2,1-3H3. The molecule has 1 fully saturated rings. The van der Waals surface area contributed by atoms with E-state index < -0.39 is 0 Å². The van der Waals surface area contributed by atoms with E-state index in [0.717, 1.165) is 25.4 Å². The molecule has 106 valence electrons. The van der Waals surface area contributed by atoms with Crippen LogP contribution in [0.2, 0.25) is 0 Å². The third kappa shape index (κ3) is 3.95. The Hall–Kier alpha value is -1.06. The Morgan fingerprint density at radius 1 is 1.32 bits per heavy atom. The Kier molecular flexibility index (Phi) is 5.23. The molecular formula is C16H25NO2. The van der Waals surface area contributed by atoms with Gasteiger partial charge in [-0.25, -0.2) is 0 Å². The van der Waals surface area contributed by atoms with Crippen molar-refractivity contribution in [3.8, 4) is 5.75 Å². The summed E-state index contributed by atoms with van der Waals surface area (Å²) >= 11 is 0. The van der Waals surface area contributed by atoms with Gasteiger partial charge in [-0.2, -0.15) is 0 Å². The molecule has 0 spiro atoms. The first-order chi connectivity index (χ1) is 9.20. The number of benzene rings is 1. The maximum absolute atomic E-state index is 5.89. The minimum Gasteiger partial charge on any atom is -0.492 e. The van der Waals surface area contributed by atoms with E-state index in [-0.39, 0.29) is 0 Å². The van der Waals surface area contributed by atoms with Crippen LogP contribution >= 0.6 is 0 Å². The molecule has 19 heavy (non-hydrogen) atoms. The molecule has 1 aliphatic heterocycles. The fraction of sp³-hybridized carbons (Fsp3) is 0.625. The topological polar surface area (TPSA) is 30.5 Å². The predicted octanol–water partition coefficient (Wildman–Crippen LogP) is 2.81. The molecule has 1 N–H and O–H groups in total. The molecule has 3 nitrogen and oxygen atoms in total. The van der Waals surface area contributed by atoms with Gasteiger partial charge in [0, 0.05) is 18.6 Å². The average Bonchev–Trinajstić information content (AvgIpc) is 2.94. The average molecular weight is 263 g/mol. The Balaban J connectivity index is 1.86. The van der Waals surface area contributed by atoms with Gasteiger partial charge in [-0.15, -0.1) is 0 Å². The lowest BCUT2D eigenvalue weighted by atomic mass is 10.00. The van der Waals surface area contributed by atoms with E-state index in [9.17, 15) is 0 Å². The summed E-state index contributed by atoms with van der Waals surface area (Å²) in [6.07, 6.45) is 1.13. The van der Waals surface area contributed by atoms with Gasteiger partial charge in [0.15, 0.2) is 0 Å². The maximum Gasteiger partial charge on any atom is 0.119 e. The monoisotopic (exact) mass is 263 g/mol. The van der Waals surface area contributed by atoms with Crippen LogP contribution < -0.4 is 10.1 Å². The van der Waals surface area contributed by atoms with E-state index in [1.165, 1.54) is 5.56 Å². The van der Waals surface area contributed by atoms with Gasteiger partial charge in [0.25, 0.3) is 0 Å². The summed E-state index contributed by atoms with van der Waals surface area (Å²) in [7, 11) is 1.99. The van der Waals surface area contributed by atoms with Crippen molar-refractivity contribution in [1.29, 1.82) is 0 Å². The summed E-state index contributed by atoms with van der Waals surface area (Å²) in [4.78, 5) is 0. The Morgan fingerprint density at radius 3 is 2.58 bits per heavy atom. The van der Waals surface area contributed by atoms with Crippen molar-refractivity contribution in [2.75, 3.05) is 26.9 Å².